The number of anilines is 1. The SMILES string of the molecule is CCN(C)S(=O)(=O)NC(=NC)N1CC(O)(c2ccccc2)C(c2ccc(NS(C)(=O)=O)cc2)=N1. The van der Waals surface area contributed by atoms with Crippen LogP contribution in [0, 0.1) is 0 Å². The summed E-state index contributed by atoms with van der Waals surface area (Å²) in [6.45, 7) is 1.86. The minimum absolute atomic E-state index is 0.0555. The predicted octanol–water partition coefficient (Wildman–Crippen LogP) is 0.738. The summed E-state index contributed by atoms with van der Waals surface area (Å²) < 4.78 is 54.1. The number of sulfonamides is 1. The molecule has 3 N–H and O–H groups in total. The Morgan fingerprint density at radius 1 is 1.15 bits per heavy atom. The largest absolute Gasteiger partial charge is 0.377 e. The molecule has 1 atom stereocenters. The molecule has 11 nitrogen and oxygen atoms in total. The minimum Gasteiger partial charge on any atom is -0.377 e. The third kappa shape index (κ3) is 5.55. The van der Waals surface area contributed by atoms with Crippen LogP contribution in [-0.4, -0.2) is 76.4 Å². The van der Waals surface area contributed by atoms with Crippen LogP contribution in [0.3, 0.4) is 0 Å². The van der Waals surface area contributed by atoms with Crippen molar-refractivity contribution in [1.29, 1.82) is 0 Å². The second kappa shape index (κ2) is 9.70. The zero-order valence-corrected chi connectivity index (χ0v) is 20.9. The van der Waals surface area contributed by atoms with Crippen molar-refractivity contribution in [2.45, 2.75) is 12.5 Å². The molecule has 2 aromatic carbocycles. The second-order valence-corrected chi connectivity index (χ2v) is 11.3. The van der Waals surface area contributed by atoms with Gasteiger partial charge in [-0.3, -0.25) is 9.71 Å². The summed E-state index contributed by atoms with van der Waals surface area (Å²) in [6.07, 6.45) is 1.05. The molecule has 1 unspecified atom stereocenters. The van der Waals surface area contributed by atoms with Crippen LogP contribution in [0.15, 0.2) is 64.7 Å². The van der Waals surface area contributed by atoms with Crippen LogP contribution in [-0.2, 0) is 25.8 Å². The van der Waals surface area contributed by atoms with E-state index in [-0.39, 0.29) is 24.8 Å². The van der Waals surface area contributed by atoms with E-state index in [1.54, 1.807) is 55.5 Å². The fourth-order valence-electron chi connectivity index (χ4n) is 3.38. The topological polar surface area (TPSA) is 144 Å². The monoisotopic (exact) mass is 508 g/mol. The Labute approximate surface area is 200 Å². The van der Waals surface area contributed by atoms with Gasteiger partial charge in [-0.15, -0.1) is 0 Å². The van der Waals surface area contributed by atoms with E-state index in [4.69, 9.17) is 0 Å². The normalized spacial score (nSPS) is 19.3. The van der Waals surface area contributed by atoms with Gasteiger partial charge in [-0.1, -0.05) is 49.4 Å². The third-order valence-electron chi connectivity index (χ3n) is 5.24. The summed E-state index contributed by atoms with van der Waals surface area (Å²) in [5.41, 5.74) is 0.103. The molecule has 3 rings (SSSR count). The van der Waals surface area contributed by atoms with Gasteiger partial charge in [-0.25, -0.2) is 18.1 Å². The van der Waals surface area contributed by atoms with E-state index in [0.717, 1.165) is 10.6 Å². The van der Waals surface area contributed by atoms with Gasteiger partial charge < -0.3 is 5.11 Å². The number of hydrogen-bond donors (Lipinski definition) is 3. The minimum atomic E-state index is -3.87. The van der Waals surface area contributed by atoms with Crippen LogP contribution < -0.4 is 9.44 Å². The lowest BCUT2D eigenvalue weighted by Gasteiger charge is -2.27. The van der Waals surface area contributed by atoms with Gasteiger partial charge in [-0.05, 0) is 17.7 Å². The van der Waals surface area contributed by atoms with Gasteiger partial charge in [0.1, 0.15) is 5.71 Å². The lowest BCUT2D eigenvalue weighted by molar-refractivity contribution is 0.103. The highest BCUT2D eigenvalue weighted by Gasteiger charge is 2.45. The van der Waals surface area contributed by atoms with E-state index in [0.29, 0.717) is 16.8 Å². The van der Waals surface area contributed by atoms with Crippen molar-refractivity contribution in [3.8, 4) is 0 Å². The van der Waals surface area contributed by atoms with Crippen molar-refractivity contribution in [2.24, 2.45) is 10.1 Å². The first-order valence-electron chi connectivity index (χ1n) is 10.3. The summed E-state index contributed by atoms with van der Waals surface area (Å²) in [5.74, 6) is -0.0555. The van der Waals surface area contributed by atoms with E-state index >= 15 is 0 Å². The fourth-order valence-corrected chi connectivity index (χ4v) is 4.87. The van der Waals surface area contributed by atoms with Crippen molar-refractivity contribution in [2.75, 3.05) is 38.2 Å². The second-order valence-electron chi connectivity index (χ2n) is 7.75. The van der Waals surface area contributed by atoms with E-state index in [1.165, 1.54) is 19.1 Å². The first-order chi connectivity index (χ1) is 15.9. The number of nitrogens with zero attached hydrogens (tertiary/aromatic N) is 4. The van der Waals surface area contributed by atoms with Crippen LogP contribution >= 0.6 is 0 Å². The zero-order valence-electron chi connectivity index (χ0n) is 19.3. The summed E-state index contributed by atoms with van der Waals surface area (Å²) >= 11 is 0. The van der Waals surface area contributed by atoms with E-state index in [1.807, 2.05) is 6.07 Å². The van der Waals surface area contributed by atoms with Crippen molar-refractivity contribution in [1.82, 2.24) is 14.0 Å². The molecule has 13 heteroatoms. The Hall–Kier alpha value is -3.00. The number of β-amino-alcohol motifs (C(OH)–C–C–N with tert-alkyl or cyclic N) is 1. The van der Waals surface area contributed by atoms with Crippen LogP contribution in [0.4, 0.5) is 5.69 Å². The van der Waals surface area contributed by atoms with Crippen molar-refractivity contribution in [3.05, 3.63) is 65.7 Å². The number of hydrazone groups is 1. The van der Waals surface area contributed by atoms with Crippen LogP contribution in [0.1, 0.15) is 18.1 Å². The van der Waals surface area contributed by atoms with Gasteiger partial charge >= 0.3 is 10.2 Å². The summed E-state index contributed by atoms with van der Waals surface area (Å²) in [7, 11) is -4.47. The molecule has 0 fully saturated rings. The predicted molar refractivity (Wildman–Crippen MR) is 132 cm³/mol. The smallest absolute Gasteiger partial charge is 0.303 e. The lowest BCUT2D eigenvalue weighted by Crippen LogP contribution is -2.48. The quantitative estimate of drug-likeness (QED) is 0.372. The maximum Gasteiger partial charge on any atom is 0.303 e. The molecule has 0 saturated carbocycles. The number of aliphatic imine (C=N–C) groups is 1. The molecule has 0 aromatic heterocycles. The molecular weight excluding hydrogens is 480 g/mol. The van der Waals surface area contributed by atoms with Gasteiger partial charge in [0.15, 0.2) is 5.60 Å². The number of hydrogen-bond acceptors (Lipinski definition) is 7. The van der Waals surface area contributed by atoms with Gasteiger partial charge in [0, 0.05) is 31.9 Å². The first kappa shape index (κ1) is 25.6. The highest BCUT2D eigenvalue weighted by Crippen LogP contribution is 2.33. The van der Waals surface area contributed by atoms with Gasteiger partial charge in [-0.2, -0.15) is 17.8 Å². The van der Waals surface area contributed by atoms with Crippen LogP contribution in [0.25, 0.3) is 0 Å². The Kier molecular flexibility index (Phi) is 7.31. The van der Waals surface area contributed by atoms with E-state index in [2.05, 4.69) is 19.5 Å². The van der Waals surface area contributed by atoms with Gasteiger partial charge in [0.05, 0.1) is 12.8 Å². The maximum absolute atomic E-state index is 12.6. The van der Waals surface area contributed by atoms with Crippen LogP contribution in [0.5, 0.6) is 0 Å². The standard InChI is InChI=1S/C21H28N6O5S2/c1-5-26(3)34(31,32)25-20(22-2)27-15-21(28,17-9-7-6-8-10-17)19(23-27)16-11-13-18(14-12-16)24-33(4,29)30/h6-14,24,28H,5,15H2,1-4H3,(H,22,25). The molecule has 2 aromatic rings. The molecule has 0 amide bonds. The molecular formula is C21H28N6O5S2. The Morgan fingerprint density at radius 2 is 1.76 bits per heavy atom. The average Bonchev–Trinajstić information content (AvgIpc) is 3.15. The molecule has 1 aliphatic heterocycles. The molecule has 184 valence electrons. The Morgan fingerprint density at radius 3 is 2.29 bits per heavy atom. The van der Waals surface area contributed by atoms with Crippen LogP contribution in [0.2, 0.25) is 0 Å². The van der Waals surface area contributed by atoms with E-state index < -0.39 is 25.8 Å². The van der Waals surface area contributed by atoms with Gasteiger partial charge in [0.25, 0.3) is 0 Å². The average molecular weight is 509 g/mol. The van der Waals surface area contributed by atoms with Crippen molar-refractivity contribution >= 4 is 37.6 Å². The Balaban J connectivity index is 2.03. The number of benzene rings is 2. The molecule has 1 heterocycles. The van der Waals surface area contributed by atoms with Crippen molar-refractivity contribution < 1.29 is 21.9 Å². The summed E-state index contributed by atoms with van der Waals surface area (Å²) in [6, 6.07) is 15.2. The van der Waals surface area contributed by atoms with Gasteiger partial charge in [0.2, 0.25) is 16.0 Å². The molecule has 0 aliphatic carbocycles. The fraction of sp³-hybridized carbons (Fsp3) is 0.333. The maximum atomic E-state index is 12.6. The molecule has 0 bridgehead atoms. The highest BCUT2D eigenvalue weighted by molar-refractivity contribution is 7.92. The first-order valence-corrected chi connectivity index (χ1v) is 13.7. The molecule has 0 radical (unpaired) electrons. The number of rotatable bonds is 7. The number of nitrogens with one attached hydrogen (secondary N) is 2. The molecule has 0 saturated heterocycles. The van der Waals surface area contributed by atoms with E-state index in [9.17, 15) is 21.9 Å². The Bertz CT molecular complexity index is 1290. The highest BCUT2D eigenvalue weighted by atomic mass is 32.2. The summed E-state index contributed by atoms with van der Waals surface area (Å²) in [4.78, 5) is 4.04. The number of aliphatic hydroxyl groups is 1. The third-order valence-corrected chi connectivity index (χ3v) is 7.36. The van der Waals surface area contributed by atoms with Crippen molar-refractivity contribution in [3.63, 3.8) is 0 Å². The summed E-state index contributed by atoms with van der Waals surface area (Å²) in [5, 5.41) is 17.6. The number of guanidine groups is 1. The molecule has 34 heavy (non-hydrogen) atoms. The zero-order chi connectivity index (χ0) is 25.1. The lowest BCUT2D eigenvalue weighted by atomic mass is 9.86. The molecule has 1 aliphatic rings. The molecule has 0 spiro atoms.